The van der Waals surface area contributed by atoms with Crippen molar-refractivity contribution in [1.29, 1.82) is 5.26 Å². The van der Waals surface area contributed by atoms with Crippen LogP contribution in [-0.4, -0.2) is 71.6 Å². The second kappa shape index (κ2) is 11.2. The molecular weight excluding hydrogens is 572 g/mol. The molecule has 7 rings (SSSR count). The predicted molar refractivity (Wildman–Crippen MR) is 173 cm³/mol. The first kappa shape index (κ1) is 29.3. The van der Waals surface area contributed by atoms with Crippen LogP contribution in [0.25, 0.3) is 5.70 Å². The van der Waals surface area contributed by atoms with Gasteiger partial charge in [0.25, 0.3) is 0 Å². The predicted octanol–water partition coefficient (Wildman–Crippen LogP) is 3.66. The highest BCUT2D eigenvalue weighted by Gasteiger charge is 2.50. The van der Waals surface area contributed by atoms with E-state index in [4.69, 9.17) is 26.2 Å². The summed E-state index contributed by atoms with van der Waals surface area (Å²) in [5, 5.41) is 14.2. The number of ether oxygens (including phenoxy) is 1. The molecule has 5 aliphatic rings. The molecule has 5 N–H and O–H groups in total. The fraction of sp³-hybridized carbons (Fsp3) is 0.576. The lowest BCUT2D eigenvalue weighted by Crippen LogP contribution is -2.52. The van der Waals surface area contributed by atoms with Gasteiger partial charge in [-0.1, -0.05) is 6.58 Å². The number of rotatable bonds is 6. The van der Waals surface area contributed by atoms with E-state index in [-0.39, 0.29) is 23.5 Å². The quantitative estimate of drug-likeness (QED) is 0.325. The zero-order chi connectivity index (χ0) is 30.6. The first-order chi connectivity index (χ1) is 21.3. The summed E-state index contributed by atoms with van der Waals surface area (Å²) in [4.78, 5) is 30.0. The van der Waals surface area contributed by atoms with Crippen molar-refractivity contribution in [3.63, 3.8) is 0 Å². The Morgan fingerprint density at radius 2 is 2.05 bits per heavy atom. The molecule has 3 aliphatic carbocycles. The molecule has 3 atom stereocenters. The molecule has 2 saturated carbocycles. The van der Waals surface area contributed by atoms with Gasteiger partial charge in [-0.05, 0) is 89.4 Å². The third-order valence-electron chi connectivity index (χ3n) is 10.6. The molecule has 2 aliphatic heterocycles. The summed E-state index contributed by atoms with van der Waals surface area (Å²) in [5.41, 5.74) is 14.7. The van der Waals surface area contributed by atoms with Gasteiger partial charge in [0.15, 0.2) is 11.6 Å². The summed E-state index contributed by atoms with van der Waals surface area (Å²) in [6.07, 6.45) is 10.5. The lowest BCUT2D eigenvalue weighted by Gasteiger charge is -2.40. The van der Waals surface area contributed by atoms with E-state index in [1.165, 1.54) is 11.3 Å². The second-order valence-electron chi connectivity index (χ2n) is 13.3. The number of aryl methyl sites for hydroxylation is 1. The number of nitrogens with two attached hydrogens (primary N) is 2. The average molecular weight is 615 g/mol. The number of thiophene rings is 1. The molecule has 0 aromatic carbocycles. The van der Waals surface area contributed by atoms with E-state index in [2.05, 4.69) is 34.8 Å². The van der Waals surface area contributed by atoms with E-state index in [0.29, 0.717) is 52.8 Å². The summed E-state index contributed by atoms with van der Waals surface area (Å²) >= 11 is 1.45. The van der Waals surface area contributed by atoms with Gasteiger partial charge in [0.1, 0.15) is 23.0 Å². The van der Waals surface area contributed by atoms with Crippen molar-refractivity contribution < 1.29 is 9.53 Å². The third-order valence-corrected chi connectivity index (χ3v) is 11.7. The van der Waals surface area contributed by atoms with E-state index in [1.807, 2.05) is 12.1 Å². The van der Waals surface area contributed by atoms with E-state index >= 15 is 0 Å². The molecule has 2 aromatic rings. The van der Waals surface area contributed by atoms with Gasteiger partial charge in [0.05, 0.1) is 22.7 Å². The minimum atomic E-state index is -0.778. The Balaban J connectivity index is 1.29. The smallest absolute Gasteiger partial charge is 0.219 e. The number of anilines is 2. The molecular formula is C33H42N8O2S. The standard InChI is InChI=1S/C33H42N8O2S/c1-3-23(22-8-6-15-40(22)2)43-26-17-25(41-16-14-37-32(19-41)12-13-32)38-31(39-26)28(35)20-7-4-10-33(29(20)42)11-5-9-24-27(33)21(18-34)30(36)44-24/h3,17,22-23,37H,1,4-16,19,35-36H2,2H3/b28-20-/t22-,23-,33-/m0/s1. The maximum absolute atomic E-state index is 14.5. The zero-order valence-electron chi connectivity index (χ0n) is 25.5. The van der Waals surface area contributed by atoms with Crippen LogP contribution in [0.5, 0.6) is 5.88 Å². The largest absolute Gasteiger partial charge is 0.468 e. The van der Waals surface area contributed by atoms with Crippen molar-refractivity contribution in [3.8, 4) is 11.9 Å². The molecule has 4 fully saturated rings. The van der Waals surface area contributed by atoms with Crippen LogP contribution in [0.4, 0.5) is 10.8 Å². The van der Waals surface area contributed by atoms with Crippen LogP contribution in [0, 0.1) is 11.3 Å². The second-order valence-corrected chi connectivity index (χ2v) is 14.4. The Hall–Kier alpha value is -3.46. The molecule has 0 unspecified atom stereocenters. The SMILES string of the molecule is C=C[C@H](Oc1cc(N2CCNC3(CC3)C2)nc(/C(N)=C2\CCC[C@@]3(CCCc4sc(N)c(C#N)c43)C2=O)n1)[C@@H]1CCCN1C. The van der Waals surface area contributed by atoms with Gasteiger partial charge in [-0.3, -0.25) is 9.69 Å². The van der Waals surface area contributed by atoms with Crippen LogP contribution in [0.3, 0.4) is 0 Å². The third kappa shape index (κ3) is 4.88. The minimum Gasteiger partial charge on any atom is -0.468 e. The fourth-order valence-electron chi connectivity index (χ4n) is 8.09. The van der Waals surface area contributed by atoms with Gasteiger partial charge >= 0.3 is 0 Å². The Morgan fingerprint density at radius 1 is 1.25 bits per heavy atom. The maximum Gasteiger partial charge on any atom is 0.219 e. The number of allylic oxidation sites excluding steroid dienone is 1. The molecule has 0 bridgehead atoms. The highest BCUT2D eigenvalue weighted by molar-refractivity contribution is 7.16. The number of aromatic nitrogens is 2. The molecule has 2 saturated heterocycles. The molecule has 10 nitrogen and oxygen atoms in total. The fourth-order valence-corrected chi connectivity index (χ4v) is 9.25. The van der Waals surface area contributed by atoms with Crippen LogP contribution in [0.1, 0.15) is 79.6 Å². The van der Waals surface area contributed by atoms with Crippen LogP contribution >= 0.6 is 11.3 Å². The summed E-state index contributed by atoms with van der Waals surface area (Å²) in [6.45, 7) is 7.65. The normalized spacial score (nSPS) is 28.0. The van der Waals surface area contributed by atoms with Gasteiger partial charge in [0, 0.05) is 41.7 Å². The Kier molecular flexibility index (Phi) is 7.42. The summed E-state index contributed by atoms with van der Waals surface area (Å²) in [6, 6.07) is 4.44. The van der Waals surface area contributed by atoms with Crippen molar-refractivity contribution in [2.75, 3.05) is 43.9 Å². The topological polar surface area (TPSA) is 146 Å². The van der Waals surface area contributed by atoms with Gasteiger partial charge in [-0.2, -0.15) is 10.2 Å². The Morgan fingerprint density at radius 3 is 2.75 bits per heavy atom. The lowest BCUT2D eigenvalue weighted by atomic mass is 9.61. The van der Waals surface area contributed by atoms with Gasteiger partial charge in [-0.15, -0.1) is 11.3 Å². The van der Waals surface area contributed by atoms with Crippen molar-refractivity contribution >= 4 is 33.6 Å². The van der Waals surface area contributed by atoms with E-state index < -0.39 is 5.41 Å². The number of fused-ring (bicyclic) bond motifs is 2. The average Bonchev–Trinajstić information content (AvgIpc) is 3.46. The highest BCUT2D eigenvalue weighted by atomic mass is 32.1. The number of ketones is 1. The van der Waals surface area contributed by atoms with Crippen LogP contribution in [0.2, 0.25) is 0 Å². The van der Waals surface area contributed by atoms with Crippen LogP contribution in [-0.2, 0) is 16.6 Å². The van der Waals surface area contributed by atoms with Crippen LogP contribution in [0.15, 0.2) is 24.3 Å². The summed E-state index contributed by atoms with van der Waals surface area (Å²) in [7, 11) is 2.12. The molecule has 11 heteroatoms. The zero-order valence-corrected chi connectivity index (χ0v) is 26.3. The number of Topliss-reactive ketones (excluding diaryl/α,β-unsaturated/α-hetero) is 1. The number of piperazine rings is 1. The van der Waals surface area contributed by atoms with Crippen molar-refractivity contribution in [1.82, 2.24) is 20.2 Å². The number of likely N-dealkylation sites (tertiary alicyclic amines) is 1. The first-order valence-electron chi connectivity index (χ1n) is 16.0. The molecule has 4 heterocycles. The maximum atomic E-state index is 14.5. The molecule has 44 heavy (non-hydrogen) atoms. The van der Waals surface area contributed by atoms with E-state index in [9.17, 15) is 10.1 Å². The monoisotopic (exact) mass is 614 g/mol. The molecule has 2 aromatic heterocycles. The van der Waals surface area contributed by atoms with Crippen molar-refractivity contribution in [2.45, 2.75) is 87.3 Å². The summed E-state index contributed by atoms with van der Waals surface area (Å²) in [5.74, 6) is 1.52. The number of likely N-dealkylation sites (N-methyl/N-ethyl adjacent to an activating group) is 1. The number of hydrogen-bond donors (Lipinski definition) is 3. The van der Waals surface area contributed by atoms with Crippen molar-refractivity contribution in [3.05, 3.63) is 46.1 Å². The van der Waals surface area contributed by atoms with Crippen molar-refractivity contribution in [2.24, 2.45) is 5.73 Å². The molecule has 2 spiro atoms. The number of nitrogens with zero attached hydrogens (tertiary/aromatic N) is 5. The summed E-state index contributed by atoms with van der Waals surface area (Å²) < 4.78 is 6.55. The minimum absolute atomic E-state index is 0.0105. The number of nitrogens with one attached hydrogen (secondary N) is 1. The Labute approximate surface area is 263 Å². The number of nitrogen functional groups attached to an aromatic ring is 1. The van der Waals surface area contributed by atoms with Crippen LogP contribution < -0.4 is 26.4 Å². The van der Waals surface area contributed by atoms with Gasteiger partial charge in [0.2, 0.25) is 5.88 Å². The highest BCUT2D eigenvalue weighted by Crippen LogP contribution is 2.52. The van der Waals surface area contributed by atoms with Gasteiger partial charge < -0.3 is 26.4 Å². The number of carbonyl (C=O) groups is 1. The van der Waals surface area contributed by atoms with E-state index in [0.717, 1.165) is 87.4 Å². The Bertz CT molecular complexity index is 1570. The number of nitriles is 1. The first-order valence-corrected chi connectivity index (χ1v) is 16.8. The van der Waals surface area contributed by atoms with E-state index in [1.54, 1.807) is 0 Å². The molecule has 0 radical (unpaired) electrons. The lowest BCUT2D eigenvalue weighted by molar-refractivity contribution is -0.122. The molecule has 0 amide bonds. The van der Waals surface area contributed by atoms with Gasteiger partial charge in [-0.25, -0.2) is 4.98 Å². The number of hydrogen-bond acceptors (Lipinski definition) is 11. The number of carbonyl (C=O) groups excluding carboxylic acids is 1. The molecule has 232 valence electrons.